The van der Waals surface area contributed by atoms with Gasteiger partial charge in [0.05, 0.1) is 15.1 Å². The van der Waals surface area contributed by atoms with E-state index in [-0.39, 0.29) is 5.75 Å². The molecule has 4 rings (SSSR count). The van der Waals surface area contributed by atoms with Crippen molar-refractivity contribution in [2.24, 2.45) is 0 Å². The number of nitrogens with one attached hydrogen (secondary N) is 1. The highest BCUT2D eigenvalue weighted by atomic mass is 32.1. The van der Waals surface area contributed by atoms with Crippen LogP contribution in [-0.4, -0.2) is 15.0 Å². The summed E-state index contributed by atoms with van der Waals surface area (Å²) in [6.45, 7) is 0. The second-order valence-corrected chi connectivity index (χ2v) is 5.92. The number of anilines is 1. The Morgan fingerprint density at radius 1 is 1.09 bits per heavy atom. The zero-order chi connectivity index (χ0) is 15.8. The molecule has 0 atom stereocenters. The van der Waals surface area contributed by atoms with E-state index in [9.17, 15) is 4.39 Å². The van der Waals surface area contributed by atoms with E-state index in [0.717, 1.165) is 20.9 Å². The van der Waals surface area contributed by atoms with Crippen molar-refractivity contribution in [3.05, 3.63) is 54.7 Å². The first kappa shape index (κ1) is 13.7. The lowest BCUT2D eigenvalue weighted by Crippen LogP contribution is -1.91. The molecule has 4 aromatic rings. The maximum Gasteiger partial charge on any atom is 0.167 e. The fourth-order valence-corrected chi connectivity index (χ4v) is 3.26. The number of hydrogen-bond donors (Lipinski definition) is 2. The Morgan fingerprint density at radius 3 is 2.78 bits per heavy atom. The molecule has 0 aliphatic rings. The van der Waals surface area contributed by atoms with Crippen LogP contribution in [0.5, 0.6) is 11.5 Å². The number of imidazole rings is 1. The molecule has 0 spiro atoms. The monoisotopic (exact) mass is 326 g/mol. The predicted octanol–water partition coefficient (Wildman–Crippen LogP) is 4.20. The second-order valence-electron chi connectivity index (χ2n) is 4.86. The lowest BCUT2D eigenvalue weighted by molar-refractivity contribution is 0.447. The van der Waals surface area contributed by atoms with Crippen molar-refractivity contribution >= 4 is 27.2 Å². The zero-order valence-corrected chi connectivity index (χ0v) is 12.6. The van der Waals surface area contributed by atoms with Crippen molar-refractivity contribution in [1.29, 1.82) is 0 Å². The van der Waals surface area contributed by atoms with Crippen molar-refractivity contribution < 1.29 is 9.13 Å². The van der Waals surface area contributed by atoms with E-state index in [1.807, 2.05) is 6.07 Å². The average Bonchev–Trinajstić information content (AvgIpc) is 3.18. The van der Waals surface area contributed by atoms with E-state index in [1.165, 1.54) is 23.5 Å². The summed E-state index contributed by atoms with van der Waals surface area (Å²) in [5.41, 5.74) is 6.68. The number of hydrogen-bond acceptors (Lipinski definition) is 5. The maximum absolute atomic E-state index is 13.9. The Kier molecular flexibility index (Phi) is 3.20. The third-order valence-corrected chi connectivity index (χ3v) is 4.43. The van der Waals surface area contributed by atoms with E-state index >= 15 is 0 Å². The van der Waals surface area contributed by atoms with Gasteiger partial charge < -0.3 is 15.5 Å². The van der Waals surface area contributed by atoms with E-state index in [4.69, 9.17) is 10.5 Å². The fourth-order valence-electron chi connectivity index (χ4n) is 2.23. The molecular formula is C16H11FN4OS. The third kappa shape index (κ3) is 2.51. The minimum Gasteiger partial charge on any atom is -0.453 e. The van der Waals surface area contributed by atoms with E-state index in [1.54, 1.807) is 30.7 Å². The van der Waals surface area contributed by atoms with Crippen molar-refractivity contribution in [1.82, 2.24) is 15.0 Å². The number of rotatable bonds is 3. The predicted molar refractivity (Wildman–Crippen MR) is 88.1 cm³/mol. The van der Waals surface area contributed by atoms with Crippen LogP contribution in [0.1, 0.15) is 0 Å². The molecule has 3 N–H and O–H groups in total. The molecule has 0 aliphatic carbocycles. The molecular weight excluding hydrogens is 315 g/mol. The van der Waals surface area contributed by atoms with E-state index in [2.05, 4.69) is 15.0 Å². The molecule has 0 saturated heterocycles. The average molecular weight is 326 g/mol. The van der Waals surface area contributed by atoms with Gasteiger partial charge in [0.2, 0.25) is 0 Å². The molecule has 0 radical (unpaired) electrons. The number of fused-ring (bicyclic) bond motifs is 1. The summed E-state index contributed by atoms with van der Waals surface area (Å²) in [6, 6.07) is 7.97. The SMILES string of the molecule is Nc1ccc(Oc2ccnc3cc(-c4ncc[nH]4)sc23)c(F)c1. The topological polar surface area (TPSA) is 76.8 Å². The molecule has 7 heteroatoms. The highest BCUT2D eigenvalue weighted by molar-refractivity contribution is 7.22. The maximum atomic E-state index is 13.9. The minimum absolute atomic E-state index is 0.125. The van der Waals surface area contributed by atoms with Crippen molar-refractivity contribution in [2.75, 3.05) is 5.73 Å². The number of pyridine rings is 1. The molecule has 0 amide bonds. The second kappa shape index (κ2) is 5.36. The first-order chi connectivity index (χ1) is 11.2. The van der Waals surface area contributed by atoms with Crippen LogP contribution in [0.25, 0.3) is 20.9 Å². The van der Waals surface area contributed by atoms with Crippen LogP contribution >= 0.6 is 11.3 Å². The van der Waals surface area contributed by atoms with E-state index < -0.39 is 5.82 Å². The summed E-state index contributed by atoms with van der Waals surface area (Å²) < 4.78 is 20.5. The Hall–Kier alpha value is -2.93. The molecule has 3 aromatic heterocycles. The third-order valence-electron chi connectivity index (χ3n) is 3.28. The molecule has 5 nitrogen and oxygen atoms in total. The minimum atomic E-state index is -0.502. The molecule has 0 fully saturated rings. The van der Waals surface area contributed by atoms with Crippen LogP contribution in [0.15, 0.2) is 48.9 Å². The van der Waals surface area contributed by atoms with Gasteiger partial charge in [0, 0.05) is 36.4 Å². The Balaban J connectivity index is 1.78. The van der Waals surface area contributed by atoms with Gasteiger partial charge in [0.25, 0.3) is 0 Å². The van der Waals surface area contributed by atoms with Gasteiger partial charge in [-0.25, -0.2) is 9.37 Å². The van der Waals surface area contributed by atoms with Crippen molar-refractivity contribution in [3.8, 4) is 22.2 Å². The first-order valence-corrected chi connectivity index (χ1v) is 7.63. The van der Waals surface area contributed by atoms with Crippen LogP contribution in [-0.2, 0) is 0 Å². The number of nitrogens with two attached hydrogens (primary N) is 1. The molecule has 0 bridgehead atoms. The van der Waals surface area contributed by atoms with Crippen molar-refractivity contribution in [3.63, 3.8) is 0 Å². The first-order valence-electron chi connectivity index (χ1n) is 6.82. The summed E-state index contributed by atoms with van der Waals surface area (Å²) in [6.07, 6.45) is 5.08. The number of nitrogen functional groups attached to an aromatic ring is 1. The highest BCUT2D eigenvalue weighted by Crippen LogP contribution is 2.38. The number of H-pyrrole nitrogens is 1. The standard InChI is InChI=1S/C16H11FN4OS/c17-10-7-9(18)1-2-12(10)22-13-3-4-19-11-8-14(23-15(11)13)16-20-5-6-21-16/h1-8H,18H2,(H,20,21). The van der Waals surface area contributed by atoms with Gasteiger partial charge in [-0.2, -0.15) is 0 Å². The number of ether oxygens (including phenoxy) is 1. The summed E-state index contributed by atoms with van der Waals surface area (Å²) in [5, 5.41) is 0. The van der Waals surface area contributed by atoms with Gasteiger partial charge in [-0.1, -0.05) is 0 Å². The fraction of sp³-hybridized carbons (Fsp3) is 0. The molecule has 114 valence electrons. The van der Waals surface area contributed by atoms with Crippen LogP contribution in [0.2, 0.25) is 0 Å². The zero-order valence-electron chi connectivity index (χ0n) is 11.8. The lowest BCUT2D eigenvalue weighted by atomic mass is 10.3. The largest absolute Gasteiger partial charge is 0.453 e. The molecule has 1 aromatic carbocycles. The molecule has 0 unspecified atom stereocenters. The molecule has 0 aliphatic heterocycles. The van der Waals surface area contributed by atoms with E-state index in [0.29, 0.717) is 11.4 Å². The summed E-state index contributed by atoms with van der Waals surface area (Å²) in [7, 11) is 0. The van der Waals surface area contributed by atoms with Gasteiger partial charge >= 0.3 is 0 Å². The molecule has 3 heterocycles. The smallest absolute Gasteiger partial charge is 0.167 e. The molecule has 23 heavy (non-hydrogen) atoms. The number of halogens is 1. The van der Waals surface area contributed by atoms with Gasteiger partial charge in [-0.3, -0.25) is 4.98 Å². The highest BCUT2D eigenvalue weighted by Gasteiger charge is 2.13. The number of nitrogens with zero attached hydrogens (tertiary/aromatic N) is 2. The van der Waals surface area contributed by atoms with Crippen LogP contribution in [0.3, 0.4) is 0 Å². The summed E-state index contributed by atoms with van der Waals surface area (Å²) in [4.78, 5) is 12.5. The summed E-state index contributed by atoms with van der Waals surface area (Å²) in [5.74, 6) is 0.927. The Labute approximate surface area is 134 Å². The van der Waals surface area contributed by atoms with Gasteiger partial charge in [-0.15, -0.1) is 11.3 Å². The van der Waals surface area contributed by atoms with Gasteiger partial charge in [0.15, 0.2) is 11.6 Å². The number of benzene rings is 1. The Bertz CT molecular complexity index is 981. The quantitative estimate of drug-likeness (QED) is 0.553. The lowest BCUT2D eigenvalue weighted by Gasteiger charge is -2.07. The number of thiophene rings is 1. The van der Waals surface area contributed by atoms with Crippen LogP contribution < -0.4 is 10.5 Å². The molecule has 0 saturated carbocycles. The van der Waals surface area contributed by atoms with Crippen LogP contribution in [0.4, 0.5) is 10.1 Å². The van der Waals surface area contributed by atoms with Gasteiger partial charge in [-0.05, 0) is 18.2 Å². The normalized spacial score (nSPS) is 11.0. The van der Waals surface area contributed by atoms with Crippen LogP contribution in [0, 0.1) is 5.82 Å². The number of aromatic nitrogens is 3. The number of aromatic amines is 1. The van der Waals surface area contributed by atoms with Gasteiger partial charge in [0.1, 0.15) is 11.6 Å². The Morgan fingerprint density at radius 2 is 2.00 bits per heavy atom. The van der Waals surface area contributed by atoms with Crippen molar-refractivity contribution in [2.45, 2.75) is 0 Å². The summed E-state index contributed by atoms with van der Waals surface area (Å²) >= 11 is 1.48.